The molecule has 10 heteroatoms. The minimum absolute atomic E-state index is 0.104. The summed E-state index contributed by atoms with van der Waals surface area (Å²) in [6.45, 7) is 7.79. The molecular formula is C32H32Cl2O4S4. The van der Waals surface area contributed by atoms with Gasteiger partial charge in [0.2, 0.25) is 5.78 Å². The molecule has 0 heterocycles. The maximum Gasteiger partial charge on any atom is 0.260 e. The van der Waals surface area contributed by atoms with Crippen LogP contribution in [-0.2, 0) is 19.2 Å². The van der Waals surface area contributed by atoms with Crippen molar-refractivity contribution < 1.29 is 19.2 Å². The Morgan fingerprint density at radius 2 is 1.19 bits per heavy atom. The quantitative estimate of drug-likeness (QED) is 0.133. The minimum atomic E-state index is -0.812. The Balaban J connectivity index is 2.11. The number of carbonyl (C=O) groups excluding carboxylic acids is 4. The van der Waals surface area contributed by atoms with Crippen LogP contribution in [-0.4, -0.2) is 45.5 Å². The summed E-state index contributed by atoms with van der Waals surface area (Å²) in [4.78, 5) is 56.8. The largest absolute Gasteiger partial charge is 0.294 e. The lowest BCUT2D eigenvalue weighted by atomic mass is 9.55. The lowest BCUT2D eigenvalue weighted by Crippen LogP contribution is -2.49. The molecule has 0 radical (unpaired) electrons. The van der Waals surface area contributed by atoms with Gasteiger partial charge in [-0.2, -0.15) is 0 Å². The molecular weight excluding hydrogens is 648 g/mol. The number of hydrogen-bond donors (Lipinski definition) is 0. The average molecular weight is 680 g/mol. The fraction of sp³-hybridized carbons (Fsp3) is 0.375. The number of hydrogen-bond acceptors (Lipinski definition) is 8. The summed E-state index contributed by atoms with van der Waals surface area (Å²) in [5.74, 6) is -1.56. The predicted octanol–water partition coefficient (Wildman–Crippen LogP) is 8.83. The van der Waals surface area contributed by atoms with Crippen LogP contribution in [0.15, 0.2) is 68.8 Å². The van der Waals surface area contributed by atoms with Gasteiger partial charge in [-0.05, 0) is 58.4 Å². The van der Waals surface area contributed by atoms with Gasteiger partial charge in [0.1, 0.15) is 0 Å². The highest BCUT2D eigenvalue weighted by Crippen LogP contribution is 2.60. The van der Waals surface area contributed by atoms with Crippen molar-refractivity contribution in [3.05, 3.63) is 90.0 Å². The second kappa shape index (κ2) is 15.0. The molecule has 42 heavy (non-hydrogen) atoms. The number of allylic oxidation sites excluding steroid dienone is 3. The smallest absolute Gasteiger partial charge is 0.260 e. The highest BCUT2D eigenvalue weighted by atomic mass is 35.5. The fourth-order valence-corrected chi connectivity index (χ4v) is 9.93. The number of ketones is 3. The average Bonchev–Trinajstić information content (AvgIpc) is 2.97. The Morgan fingerprint density at radius 1 is 0.667 bits per heavy atom. The van der Waals surface area contributed by atoms with Gasteiger partial charge in [0, 0.05) is 42.5 Å². The molecule has 1 saturated carbocycles. The standard InChI is InChI=1S/C32H32Cl2O4S4/c1-5-39-30-24-21(17-9-13-19(33)14-10-17)23(27(35)26(30)29(37)31(38)40-6-2)22(18-11-15-20(34)16-12-18)25(28(24)36)32(41-7-3)42-8-4/h9-16,21-24H,5-8H2,1-4H3. The number of benzene rings is 2. The third kappa shape index (κ3) is 6.64. The van der Waals surface area contributed by atoms with Gasteiger partial charge in [0.25, 0.3) is 5.12 Å². The monoisotopic (exact) mass is 678 g/mol. The maximum absolute atomic E-state index is 15.0. The summed E-state index contributed by atoms with van der Waals surface area (Å²) in [7, 11) is 0. The molecule has 2 aromatic carbocycles. The Bertz CT molecular complexity index is 1430. The molecule has 0 aliphatic heterocycles. The van der Waals surface area contributed by atoms with Crippen LogP contribution in [0.1, 0.15) is 50.7 Å². The molecule has 4 nitrogen and oxygen atoms in total. The second-order valence-corrected chi connectivity index (χ2v) is 15.9. The summed E-state index contributed by atoms with van der Waals surface area (Å²) in [5, 5.41) is 0.414. The summed E-state index contributed by atoms with van der Waals surface area (Å²) in [6, 6.07) is 14.5. The molecule has 0 aromatic heterocycles. The molecule has 2 bridgehead atoms. The Hall–Kier alpha value is -1.42. The van der Waals surface area contributed by atoms with E-state index in [1.54, 1.807) is 54.7 Å². The van der Waals surface area contributed by atoms with Gasteiger partial charge in [-0.3, -0.25) is 19.2 Å². The van der Waals surface area contributed by atoms with Crippen LogP contribution in [0.25, 0.3) is 0 Å². The van der Waals surface area contributed by atoms with E-state index in [1.165, 1.54) is 11.8 Å². The molecule has 2 aliphatic carbocycles. The summed E-state index contributed by atoms with van der Waals surface area (Å²) in [6.07, 6.45) is 0. The number of thioether (sulfide) groups is 4. The lowest BCUT2D eigenvalue weighted by molar-refractivity contribution is -0.133. The molecule has 4 unspecified atom stereocenters. The lowest BCUT2D eigenvalue weighted by Gasteiger charge is -2.48. The van der Waals surface area contributed by atoms with E-state index in [2.05, 4.69) is 0 Å². The molecule has 0 N–H and O–H groups in total. The van der Waals surface area contributed by atoms with Crippen molar-refractivity contribution in [2.75, 3.05) is 23.0 Å². The number of carbonyl (C=O) groups is 4. The molecule has 4 atom stereocenters. The van der Waals surface area contributed by atoms with Crippen LogP contribution in [0.5, 0.6) is 0 Å². The van der Waals surface area contributed by atoms with Crippen LogP contribution in [0.2, 0.25) is 10.0 Å². The van der Waals surface area contributed by atoms with Crippen molar-refractivity contribution in [3.63, 3.8) is 0 Å². The van der Waals surface area contributed by atoms with Gasteiger partial charge in [0.15, 0.2) is 11.6 Å². The van der Waals surface area contributed by atoms with Crippen LogP contribution < -0.4 is 0 Å². The molecule has 0 saturated heterocycles. The van der Waals surface area contributed by atoms with Crippen molar-refractivity contribution in [2.45, 2.75) is 39.5 Å². The van der Waals surface area contributed by atoms with Crippen LogP contribution >= 0.6 is 70.2 Å². The predicted molar refractivity (Wildman–Crippen MR) is 182 cm³/mol. The third-order valence-corrected chi connectivity index (χ3v) is 11.8. The van der Waals surface area contributed by atoms with Gasteiger partial charge < -0.3 is 0 Å². The van der Waals surface area contributed by atoms with E-state index in [1.807, 2.05) is 45.0 Å². The second-order valence-electron chi connectivity index (χ2n) is 9.63. The summed E-state index contributed by atoms with van der Waals surface area (Å²) < 4.78 is 0.899. The van der Waals surface area contributed by atoms with Gasteiger partial charge >= 0.3 is 0 Å². The van der Waals surface area contributed by atoms with Gasteiger partial charge in [-0.1, -0.05) is 86.9 Å². The molecule has 1 fully saturated rings. The zero-order valence-corrected chi connectivity index (χ0v) is 28.6. The number of Topliss-reactive ketones (excluding diaryl/α,β-unsaturated/α-hetero) is 3. The highest BCUT2D eigenvalue weighted by molar-refractivity contribution is 8.22. The number of fused-ring (bicyclic) bond motifs is 2. The number of halogens is 2. The van der Waals surface area contributed by atoms with Crippen molar-refractivity contribution in [1.82, 2.24) is 0 Å². The van der Waals surface area contributed by atoms with E-state index in [9.17, 15) is 19.2 Å². The van der Waals surface area contributed by atoms with Crippen LogP contribution in [0.4, 0.5) is 0 Å². The van der Waals surface area contributed by atoms with Gasteiger partial charge in [-0.25, -0.2) is 0 Å². The Labute approximate surface area is 274 Å². The van der Waals surface area contributed by atoms with Gasteiger partial charge in [-0.15, -0.1) is 35.3 Å². The topological polar surface area (TPSA) is 68.3 Å². The van der Waals surface area contributed by atoms with Gasteiger partial charge in [0.05, 0.1) is 11.5 Å². The Kier molecular flexibility index (Phi) is 12.0. The summed E-state index contributed by atoms with van der Waals surface area (Å²) >= 11 is 17.9. The van der Waals surface area contributed by atoms with Crippen LogP contribution in [0, 0.1) is 11.8 Å². The summed E-state index contributed by atoms with van der Waals surface area (Å²) in [5.41, 5.74) is 2.07. The van der Waals surface area contributed by atoms with E-state index in [-0.39, 0.29) is 17.1 Å². The first-order chi connectivity index (χ1) is 20.2. The van der Waals surface area contributed by atoms with E-state index in [0.29, 0.717) is 32.0 Å². The van der Waals surface area contributed by atoms with E-state index in [0.717, 1.165) is 38.6 Å². The van der Waals surface area contributed by atoms with E-state index >= 15 is 0 Å². The fourth-order valence-electron chi connectivity index (χ4n) is 5.77. The first-order valence-corrected chi connectivity index (χ1v) is 18.6. The third-order valence-electron chi connectivity index (χ3n) is 7.28. The molecule has 222 valence electrons. The van der Waals surface area contributed by atoms with Crippen molar-refractivity contribution in [1.29, 1.82) is 0 Å². The van der Waals surface area contributed by atoms with Crippen molar-refractivity contribution in [2.24, 2.45) is 11.8 Å². The van der Waals surface area contributed by atoms with E-state index < -0.39 is 34.6 Å². The zero-order valence-electron chi connectivity index (χ0n) is 23.8. The van der Waals surface area contributed by atoms with Crippen molar-refractivity contribution >= 4 is 92.7 Å². The molecule has 0 amide bonds. The molecule has 2 aromatic rings. The normalized spacial score (nSPS) is 22.0. The first kappa shape index (κ1) is 33.5. The highest BCUT2D eigenvalue weighted by Gasteiger charge is 2.58. The zero-order chi connectivity index (χ0) is 30.6. The minimum Gasteiger partial charge on any atom is -0.294 e. The van der Waals surface area contributed by atoms with E-state index in [4.69, 9.17) is 23.2 Å². The molecule has 2 aliphatic rings. The molecule has 4 rings (SSSR count). The molecule has 0 spiro atoms. The Morgan fingerprint density at radius 3 is 1.69 bits per heavy atom. The van der Waals surface area contributed by atoms with Crippen LogP contribution in [0.3, 0.4) is 0 Å². The number of rotatable bonds is 11. The SMILES string of the molecule is CCSC(=O)C(=O)C1=C(SCC)C2C(=O)C(=C(SCC)SCC)C(c3ccc(Cl)cc3)C(C1=O)C2c1ccc(Cl)cc1. The maximum atomic E-state index is 15.0. The first-order valence-electron chi connectivity index (χ1n) is 13.9. The van der Waals surface area contributed by atoms with Crippen molar-refractivity contribution in [3.8, 4) is 0 Å².